The van der Waals surface area contributed by atoms with Crippen molar-refractivity contribution in [1.82, 2.24) is 0 Å². The molecule has 0 saturated heterocycles. The van der Waals surface area contributed by atoms with Crippen LogP contribution < -0.4 is 9.47 Å². The number of halogens is 1. The molecule has 0 amide bonds. The third-order valence-corrected chi connectivity index (χ3v) is 3.68. The van der Waals surface area contributed by atoms with Gasteiger partial charge in [-0.1, -0.05) is 28.7 Å². The first kappa shape index (κ1) is 11.0. The normalized spacial score (nSPS) is 15.3. The third kappa shape index (κ3) is 2.55. The number of hydrogen-bond acceptors (Lipinski definition) is 3. The van der Waals surface area contributed by atoms with E-state index in [0.717, 1.165) is 22.3 Å². The van der Waals surface area contributed by atoms with Crippen molar-refractivity contribution >= 4 is 22.6 Å². The lowest BCUT2D eigenvalue weighted by molar-refractivity contribution is 0.174. The van der Waals surface area contributed by atoms with E-state index in [1.807, 2.05) is 18.2 Å². The van der Waals surface area contributed by atoms with E-state index in [9.17, 15) is 0 Å². The van der Waals surface area contributed by atoms with E-state index in [1.54, 1.807) is 0 Å². The highest BCUT2D eigenvalue weighted by Gasteiger charge is 2.14. The highest BCUT2D eigenvalue weighted by Crippen LogP contribution is 2.33. The van der Waals surface area contributed by atoms with Gasteiger partial charge in [-0.15, -0.1) is 0 Å². The summed E-state index contributed by atoms with van der Waals surface area (Å²) in [5.41, 5.74) is 1.19. The molecule has 1 aromatic rings. The van der Waals surface area contributed by atoms with Crippen LogP contribution in [0.5, 0.6) is 11.5 Å². The van der Waals surface area contributed by atoms with Crippen molar-refractivity contribution in [3.63, 3.8) is 0 Å². The monoisotopic (exact) mass is 320 g/mol. The summed E-state index contributed by atoms with van der Waals surface area (Å²) >= 11 is 2.30. The molecule has 1 aliphatic rings. The van der Waals surface area contributed by atoms with Crippen molar-refractivity contribution < 1.29 is 14.6 Å². The largest absolute Gasteiger partial charge is 0.454 e. The molecule has 82 valence electrons. The number of hydrogen-bond donors (Lipinski definition) is 1. The number of ether oxygens (including phenoxy) is 2. The average molecular weight is 320 g/mol. The van der Waals surface area contributed by atoms with Crippen LogP contribution in [0.1, 0.15) is 5.56 Å². The standard InChI is InChI=1S/C11H13IO3/c12-5-9(6-13)3-8-1-2-10-11(4-8)15-7-14-10/h1-2,4,9,13H,3,5-7H2/t9-/m1/s1. The van der Waals surface area contributed by atoms with Crippen molar-refractivity contribution in [2.24, 2.45) is 5.92 Å². The highest BCUT2D eigenvalue weighted by molar-refractivity contribution is 14.1. The average Bonchev–Trinajstić information content (AvgIpc) is 2.73. The van der Waals surface area contributed by atoms with Gasteiger partial charge in [0.05, 0.1) is 0 Å². The molecule has 0 fully saturated rings. The maximum atomic E-state index is 9.12. The van der Waals surface area contributed by atoms with E-state index in [4.69, 9.17) is 14.6 Å². The summed E-state index contributed by atoms with van der Waals surface area (Å²) in [4.78, 5) is 0. The number of fused-ring (bicyclic) bond motifs is 1. The van der Waals surface area contributed by atoms with Crippen LogP contribution in [0.4, 0.5) is 0 Å². The first-order valence-corrected chi connectivity index (χ1v) is 6.41. The smallest absolute Gasteiger partial charge is 0.231 e. The van der Waals surface area contributed by atoms with E-state index in [1.165, 1.54) is 5.56 Å². The molecule has 4 heteroatoms. The van der Waals surface area contributed by atoms with E-state index in [0.29, 0.717) is 12.7 Å². The van der Waals surface area contributed by atoms with E-state index in [2.05, 4.69) is 22.6 Å². The predicted octanol–water partition coefficient (Wildman–Crippen LogP) is 2.00. The highest BCUT2D eigenvalue weighted by atomic mass is 127. The van der Waals surface area contributed by atoms with Crippen LogP contribution in [-0.4, -0.2) is 22.9 Å². The lowest BCUT2D eigenvalue weighted by Gasteiger charge is -2.10. The lowest BCUT2D eigenvalue weighted by atomic mass is 10.0. The van der Waals surface area contributed by atoms with E-state index in [-0.39, 0.29) is 6.61 Å². The minimum Gasteiger partial charge on any atom is -0.454 e. The molecule has 1 atom stereocenters. The molecular formula is C11H13IO3. The van der Waals surface area contributed by atoms with Crippen molar-refractivity contribution in [3.05, 3.63) is 23.8 Å². The molecular weight excluding hydrogens is 307 g/mol. The number of rotatable bonds is 4. The summed E-state index contributed by atoms with van der Waals surface area (Å²) in [7, 11) is 0. The van der Waals surface area contributed by atoms with Crippen molar-refractivity contribution in [2.45, 2.75) is 6.42 Å². The molecule has 0 aromatic heterocycles. The van der Waals surface area contributed by atoms with Gasteiger partial charge in [0, 0.05) is 11.0 Å². The second kappa shape index (κ2) is 5.03. The van der Waals surface area contributed by atoms with Gasteiger partial charge in [-0.3, -0.25) is 0 Å². The molecule has 0 aliphatic carbocycles. The Hall–Kier alpha value is -0.490. The maximum Gasteiger partial charge on any atom is 0.231 e. The minimum absolute atomic E-state index is 0.234. The second-order valence-electron chi connectivity index (χ2n) is 3.59. The fourth-order valence-electron chi connectivity index (χ4n) is 1.57. The van der Waals surface area contributed by atoms with Gasteiger partial charge in [0.15, 0.2) is 11.5 Å². The van der Waals surface area contributed by atoms with Crippen LogP contribution in [0.2, 0.25) is 0 Å². The van der Waals surface area contributed by atoms with E-state index < -0.39 is 0 Å². The molecule has 0 spiro atoms. The third-order valence-electron chi connectivity index (χ3n) is 2.44. The molecule has 1 aliphatic heterocycles. The van der Waals surface area contributed by atoms with Crippen LogP contribution in [0, 0.1) is 5.92 Å². The minimum atomic E-state index is 0.234. The van der Waals surface area contributed by atoms with Gasteiger partial charge in [-0.05, 0) is 30.0 Å². The number of aliphatic hydroxyl groups is 1. The summed E-state index contributed by atoms with van der Waals surface area (Å²) in [5, 5.41) is 9.12. The van der Waals surface area contributed by atoms with Crippen molar-refractivity contribution in [1.29, 1.82) is 0 Å². The molecule has 3 nitrogen and oxygen atoms in total. The Kier molecular flexibility index (Phi) is 3.69. The van der Waals surface area contributed by atoms with E-state index >= 15 is 0 Å². The zero-order chi connectivity index (χ0) is 10.7. The molecule has 0 unspecified atom stereocenters. The molecule has 1 heterocycles. The molecule has 0 radical (unpaired) electrons. The zero-order valence-corrected chi connectivity index (χ0v) is 10.4. The van der Waals surface area contributed by atoms with Gasteiger partial charge >= 0.3 is 0 Å². The summed E-state index contributed by atoms with van der Waals surface area (Å²) in [6.07, 6.45) is 0.885. The quantitative estimate of drug-likeness (QED) is 0.681. The predicted molar refractivity (Wildman–Crippen MR) is 65.7 cm³/mol. The van der Waals surface area contributed by atoms with Gasteiger partial charge in [-0.25, -0.2) is 0 Å². The van der Waals surface area contributed by atoms with Gasteiger partial charge < -0.3 is 14.6 Å². The number of aliphatic hydroxyl groups excluding tert-OH is 1. The molecule has 0 bridgehead atoms. The second-order valence-corrected chi connectivity index (χ2v) is 4.48. The Morgan fingerprint density at radius 3 is 2.87 bits per heavy atom. The van der Waals surface area contributed by atoms with Crippen LogP contribution in [0.25, 0.3) is 0 Å². The summed E-state index contributed by atoms with van der Waals surface area (Å²) in [6.45, 7) is 0.548. The van der Waals surface area contributed by atoms with Crippen molar-refractivity contribution in [2.75, 3.05) is 17.8 Å². The number of alkyl halides is 1. The van der Waals surface area contributed by atoms with Crippen LogP contribution >= 0.6 is 22.6 Å². The van der Waals surface area contributed by atoms with Crippen LogP contribution in [0.3, 0.4) is 0 Å². The molecule has 1 aromatic carbocycles. The summed E-state index contributed by atoms with van der Waals surface area (Å²) in [5.74, 6) is 1.96. The van der Waals surface area contributed by atoms with Gasteiger partial charge in [0.1, 0.15) is 0 Å². The van der Waals surface area contributed by atoms with Crippen LogP contribution in [0.15, 0.2) is 18.2 Å². The maximum absolute atomic E-state index is 9.12. The van der Waals surface area contributed by atoms with Gasteiger partial charge in [-0.2, -0.15) is 0 Å². The van der Waals surface area contributed by atoms with Gasteiger partial charge in [0.25, 0.3) is 0 Å². The fraction of sp³-hybridized carbons (Fsp3) is 0.455. The zero-order valence-electron chi connectivity index (χ0n) is 8.28. The Morgan fingerprint density at radius 1 is 1.33 bits per heavy atom. The Labute approximate surface area is 103 Å². The SMILES string of the molecule is OC[C@@H](CI)Cc1ccc2c(c1)OCO2. The molecule has 1 N–H and O–H groups in total. The Morgan fingerprint density at radius 2 is 2.13 bits per heavy atom. The fourth-order valence-corrected chi connectivity index (χ4v) is 2.16. The first-order valence-electron chi connectivity index (χ1n) is 4.89. The Balaban J connectivity index is 2.09. The topological polar surface area (TPSA) is 38.7 Å². The van der Waals surface area contributed by atoms with Gasteiger partial charge in [0.2, 0.25) is 6.79 Å². The van der Waals surface area contributed by atoms with Crippen molar-refractivity contribution in [3.8, 4) is 11.5 Å². The lowest BCUT2D eigenvalue weighted by Crippen LogP contribution is -2.10. The summed E-state index contributed by atoms with van der Waals surface area (Å²) in [6, 6.07) is 5.96. The molecule has 15 heavy (non-hydrogen) atoms. The Bertz CT molecular complexity index is 337. The first-order chi connectivity index (χ1) is 7.33. The molecule has 0 saturated carbocycles. The van der Waals surface area contributed by atoms with Crippen LogP contribution in [-0.2, 0) is 6.42 Å². The number of benzene rings is 1. The molecule has 2 rings (SSSR count). The summed E-state index contributed by atoms with van der Waals surface area (Å²) < 4.78 is 11.5.